The van der Waals surface area contributed by atoms with Crippen LogP contribution in [-0.2, 0) is 29.8 Å². The van der Waals surface area contributed by atoms with Crippen LogP contribution < -0.4 is 15.4 Å². The Bertz CT molecular complexity index is 1370. The van der Waals surface area contributed by atoms with Gasteiger partial charge in [-0.3, -0.25) is 14.4 Å². The Labute approximate surface area is 252 Å². The van der Waals surface area contributed by atoms with Crippen molar-refractivity contribution in [3.05, 3.63) is 76.3 Å². The minimum absolute atomic E-state index is 0.0316. The van der Waals surface area contributed by atoms with Gasteiger partial charge in [-0.2, -0.15) is 0 Å². The molecule has 0 bridgehead atoms. The number of amides is 3. The molecule has 0 aliphatic heterocycles. The van der Waals surface area contributed by atoms with Crippen molar-refractivity contribution in [2.24, 2.45) is 5.41 Å². The molecule has 0 radical (unpaired) electrons. The number of nitrogens with one attached hydrogen (secondary N) is 3. The van der Waals surface area contributed by atoms with E-state index in [1.807, 2.05) is 69.7 Å². The summed E-state index contributed by atoms with van der Waals surface area (Å²) in [6.07, 6.45) is 1.47. The average molecular weight is 650 g/mol. The van der Waals surface area contributed by atoms with E-state index in [-0.39, 0.29) is 28.8 Å². The summed E-state index contributed by atoms with van der Waals surface area (Å²) < 4.78 is 27.9. The number of likely N-dealkylation sites (N-methyl/N-ethyl adjacent to an activating group) is 2. The molecule has 0 aliphatic rings. The van der Waals surface area contributed by atoms with Crippen molar-refractivity contribution in [1.29, 1.82) is 0 Å². The van der Waals surface area contributed by atoms with Gasteiger partial charge < -0.3 is 15.5 Å². The molecule has 41 heavy (non-hydrogen) atoms. The fourth-order valence-electron chi connectivity index (χ4n) is 4.28. The Hall–Kier alpha value is -3.02. The molecule has 0 heterocycles. The van der Waals surface area contributed by atoms with Gasteiger partial charge in [0, 0.05) is 29.1 Å². The standard InChI is InChI=1S/C30H41BrN4O5S/c1-20(26(36)34-41(39,40)23-16-14-22(31)15-17-23)18-19-35(8)28(38)25(29(2,3)4)33-27(37)24(32-7)30(5,6)21-12-10-9-11-13-21/h9-18,24-25,32H,19H2,1-8H3,(H,33,37)(H,34,36)/b20-18+/t24-,25?/m1/s1. The van der Waals surface area contributed by atoms with E-state index in [1.54, 1.807) is 26.2 Å². The Morgan fingerprint density at radius 1 is 0.951 bits per heavy atom. The fourth-order valence-corrected chi connectivity index (χ4v) is 5.56. The summed E-state index contributed by atoms with van der Waals surface area (Å²) in [6.45, 7) is 11.0. The maximum absolute atomic E-state index is 13.5. The molecule has 2 aromatic carbocycles. The maximum atomic E-state index is 13.5. The lowest BCUT2D eigenvalue weighted by Crippen LogP contribution is -2.60. The highest BCUT2D eigenvalue weighted by Crippen LogP contribution is 2.28. The van der Waals surface area contributed by atoms with Gasteiger partial charge in [-0.15, -0.1) is 0 Å². The lowest BCUT2D eigenvalue weighted by Gasteiger charge is -2.38. The molecule has 2 rings (SSSR count). The Morgan fingerprint density at radius 3 is 2.02 bits per heavy atom. The first-order chi connectivity index (χ1) is 18.9. The molecule has 0 spiro atoms. The summed E-state index contributed by atoms with van der Waals surface area (Å²) >= 11 is 3.25. The minimum Gasteiger partial charge on any atom is -0.342 e. The van der Waals surface area contributed by atoms with Gasteiger partial charge in [0.25, 0.3) is 15.9 Å². The number of carbonyl (C=O) groups excluding carboxylic acids is 3. The highest BCUT2D eigenvalue weighted by molar-refractivity contribution is 9.10. The van der Waals surface area contributed by atoms with Crippen molar-refractivity contribution >= 4 is 43.7 Å². The predicted octanol–water partition coefficient (Wildman–Crippen LogP) is 3.76. The van der Waals surface area contributed by atoms with Crippen LogP contribution >= 0.6 is 15.9 Å². The van der Waals surface area contributed by atoms with Gasteiger partial charge in [0.2, 0.25) is 11.8 Å². The summed E-state index contributed by atoms with van der Waals surface area (Å²) in [6, 6.07) is 14.1. The number of halogens is 1. The minimum atomic E-state index is -4.06. The molecule has 0 saturated carbocycles. The molecule has 11 heteroatoms. The topological polar surface area (TPSA) is 125 Å². The van der Waals surface area contributed by atoms with E-state index >= 15 is 0 Å². The lowest BCUT2D eigenvalue weighted by atomic mass is 9.76. The van der Waals surface area contributed by atoms with E-state index in [0.717, 1.165) is 5.56 Å². The monoisotopic (exact) mass is 648 g/mol. The van der Waals surface area contributed by atoms with Gasteiger partial charge in [0.05, 0.1) is 10.9 Å². The molecule has 9 nitrogen and oxygen atoms in total. The van der Waals surface area contributed by atoms with E-state index in [2.05, 4.69) is 26.6 Å². The first kappa shape index (κ1) is 34.2. The van der Waals surface area contributed by atoms with Crippen LogP contribution in [0.15, 0.2) is 75.6 Å². The van der Waals surface area contributed by atoms with Gasteiger partial charge in [0.1, 0.15) is 6.04 Å². The van der Waals surface area contributed by atoms with Gasteiger partial charge in [-0.1, -0.05) is 87.0 Å². The van der Waals surface area contributed by atoms with E-state index in [0.29, 0.717) is 4.47 Å². The predicted molar refractivity (Wildman–Crippen MR) is 165 cm³/mol. The number of hydrogen-bond donors (Lipinski definition) is 3. The molecular weight excluding hydrogens is 608 g/mol. The summed E-state index contributed by atoms with van der Waals surface area (Å²) in [5.74, 6) is -1.45. The molecule has 3 N–H and O–H groups in total. The molecular formula is C30H41BrN4O5S. The summed E-state index contributed by atoms with van der Waals surface area (Å²) in [5.41, 5.74) is -0.0837. The van der Waals surface area contributed by atoms with Crippen molar-refractivity contribution in [3.8, 4) is 0 Å². The van der Waals surface area contributed by atoms with E-state index in [9.17, 15) is 22.8 Å². The zero-order valence-electron chi connectivity index (χ0n) is 24.9. The molecule has 0 aromatic heterocycles. The third kappa shape index (κ3) is 8.98. The first-order valence-electron chi connectivity index (χ1n) is 13.2. The van der Waals surface area contributed by atoms with Crippen LogP contribution in [0.2, 0.25) is 0 Å². The largest absolute Gasteiger partial charge is 0.342 e. The average Bonchev–Trinajstić information content (AvgIpc) is 2.89. The quantitative estimate of drug-likeness (QED) is 0.319. The van der Waals surface area contributed by atoms with Gasteiger partial charge in [-0.25, -0.2) is 13.1 Å². The first-order valence-corrected chi connectivity index (χ1v) is 15.5. The molecule has 2 atom stereocenters. The molecule has 3 amide bonds. The van der Waals surface area contributed by atoms with Crippen molar-refractivity contribution in [2.75, 3.05) is 20.6 Å². The van der Waals surface area contributed by atoms with Gasteiger partial charge in [-0.05, 0) is 49.2 Å². The lowest BCUT2D eigenvalue weighted by molar-refractivity contribution is -0.139. The smallest absolute Gasteiger partial charge is 0.264 e. The van der Waals surface area contributed by atoms with Crippen LogP contribution in [-0.4, -0.2) is 63.8 Å². The normalized spacial score (nSPS) is 14.1. The summed E-state index contributed by atoms with van der Waals surface area (Å²) in [4.78, 5) is 41.0. The summed E-state index contributed by atoms with van der Waals surface area (Å²) in [7, 11) is -0.781. The number of sulfonamides is 1. The van der Waals surface area contributed by atoms with Crippen molar-refractivity contribution in [1.82, 2.24) is 20.3 Å². The molecule has 0 fully saturated rings. The van der Waals surface area contributed by atoms with Crippen LogP contribution in [0.4, 0.5) is 0 Å². The second-order valence-electron chi connectivity index (χ2n) is 11.6. The Kier molecular flexibility index (Phi) is 11.5. The van der Waals surface area contributed by atoms with Crippen LogP contribution in [0.25, 0.3) is 0 Å². The third-order valence-electron chi connectivity index (χ3n) is 6.95. The van der Waals surface area contributed by atoms with E-state index in [1.165, 1.54) is 30.0 Å². The van der Waals surface area contributed by atoms with E-state index in [4.69, 9.17) is 0 Å². The highest BCUT2D eigenvalue weighted by Gasteiger charge is 2.40. The number of rotatable bonds is 11. The number of hydrogen-bond acceptors (Lipinski definition) is 6. The van der Waals surface area contributed by atoms with Crippen LogP contribution in [0, 0.1) is 5.41 Å². The third-order valence-corrected chi connectivity index (χ3v) is 8.82. The zero-order valence-corrected chi connectivity index (χ0v) is 27.3. The molecule has 224 valence electrons. The highest BCUT2D eigenvalue weighted by atomic mass is 79.9. The van der Waals surface area contributed by atoms with Crippen molar-refractivity contribution < 1.29 is 22.8 Å². The number of carbonyl (C=O) groups is 3. The van der Waals surface area contributed by atoms with Crippen molar-refractivity contribution in [3.63, 3.8) is 0 Å². The Morgan fingerprint density at radius 2 is 1.51 bits per heavy atom. The molecule has 2 aromatic rings. The number of benzene rings is 2. The fraction of sp³-hybridized carbons (Fsp3) is 0.433. The van der Waals surface area contributed by atoms with Gasteiger partial charge in [0.15, 0.2) is 0 Å². The SMILES string of the molecule is CN[C@H](C(=O)NC(C(=O)N(C)C/C=C(\C)C(=O)NS(=O)(=O)c1ccc(Br)cc1)C(C)(C)C)C(C)(C)c1ccccc1. The second kappa shape index (κ2) is 13.8. The second-order valence-corrected chi connectivity index (χ2v) is 14.2. The Balaban J connectivity index is 2.15. The van der Waals surface area contributed by atoms with Crippen LogP contribution in [0.1, 0.15) is 47.1 Å². The van der Waals surface area contributed by atoms with Crippen molar-refractivity contribution in [2.45, 2.75) is 63.9 Å². The molecule has 0 aliphatic carbocycles. The zero-order chi connectivity index (χ0) is 31.2. The maximum Gasteiger partial charge on any atom is 0.264 e. The number of nitrogens with zero attached hydrogens (tertiary/aromatic N) is 1. The molecule has 1 unspecified atom stereocenters. The molecule has 0 saturated heterocycles. The van der Waals surface area contributed by atoms with Crippen LogP contribution in [0.5, 0.6) is 0 Å². The van der Waals surface area contributed by atoms with Crippen LogP contribution in [0.3, 0.4) is 0 Å². The summed E-state index contributed by atoms with van der Waals surface area (Å²) in [5, 5.41) is 6.06. The van der Waals surface area contributed by atoms with Gasteiger partial charge >= 0.3 is 0 Å². The van der Waals surface area contributed by atoms with E-state index < -0.39 is 38.8 Å².